The maximum Gasteiger partial charge on any atom is 0.470 e. The van der Waals surface area contributed by atoms with Crippen molar-refractivity contribution in [1.82, 2.24) is 0 Å². The highest BCUT2D eigenvalue weighted by atomic mass is 32.3. The zero-order valence-corrected chi connectivity index (χ0v) is 14.0. The third-order valence-electron chi connectivity index (χ3n) is 2.30. The first-order valence-electron chi connectivity index (χ1n) is 5.18. The molecule has 0 aliphatic heterocycles. The van der Waals surface area contributed by atoms with Gasteiger partial charge < -0.3 is 0 Å². The van der Waals surface area contributed by atoms with E-state index in [1.807, 2.05) is 0 Å². The van der Waals surface area contributed by atoms with Gasteiger partial charge in [-0.2, -0.15) is 57.1 Å². The highest BCUT2D eigenvalue weighted by Crippen LogP contribution is 2.54. The molecule has 0 N–H and O–H groups in total. The normalized spacial score (nSPS) is 16.5. The summed E-state index contributed by atoms with van der Waals surface area (Å²) in [6.07, 6.45) is -15.3. The number of rotatable bonds is 5. The molecule has 0 spiro atoms. The molecule has 0 radical (unpaired) electrons. The summed E-state index contributed by atoms with van der Waals surface area (Å²) in [5.74, 6) is 0. The monoisotopic (exact) mass is 511 g/mol. The molecule has 0 aromatic carbocycles. The van der Waals surface area contributed by atoms with Crippen LogP contribution >= 0.6 is 0 Å². The summed E-state index contributed by atoms with van der Waals surface area (Å²) in [5.41, 5.74) is -7.51. The van der Waals surface area contributed by atoms with Gasteiger partial charge in [0.25, 0.3) is 0 Å². The molecule has 0 amide bonds. The molecule has 6 nitrogen and oxygen atoms in total. The molecule has 0 fully saturated rings. The number of hydrogen-bond donors (Lipinski definition) is 0. The Morgan fingerprint density at radius 3 is 0.786 bits per heavy atom. The van der Waals surface area contributed by atoms with Gasteiger partial charge in [0, 0.05) is 0 Å². The standard InChI is InChI=1S/C6F13O6S3/c7-2(8,9)4(13,14)26(20,21)1(28(24,25)6(17,18)19)27(22,23)5(15,16)3(10,11)12/q-1. The highest BCUT2D eigenvalue weighted by Gasteiger charge is 2.74. The molecule has 0 saturated heterocycles. The van der Waals surface area contributed by atoms with Crippen LogP contribution < -0.4 is 0 Å². The summed E-state index contributed by atoms with van der Waals surface area (Å²) in [7, 11) is -26.5. The van der Waals surface area contributed by atoms with Crippen LogP contribution in [0.3, 0.4) is 0 Å². The van der Waals surface area contributed by atoms with Gasteiger partial charge in [-0.05, 0) is 0 Å². The Morgan fingerprint density at radius 1 is 0.429 bits per heavy atom. The first-order chi connectivity index (χ1) is 11.6. The lowest BCUT2D eigenvalue weighted by Crippen LogP contribution is -2.56. The van der Waals surface area contributed by atoms with E-state index in [1.54, 1.807) is 0 Å². The van der Waals surface area contributed by atoms with Gasteiger partial charge in [-0.15, -0.1) is 0 Å². The Balaban J connectivity index is 7.54. The van der Waals surface area contributed by atoms with Gasteiger partial charge in [0.2, 0.25) is 0 Å². The quantitative estimate of drug-likeness (QED) is 0.416. The van der Waals surface area contributed by atoms with Crippen LogP contribution in [0, 0.1) is 3.91 Å². The van der Waals surface area contributed by atoms with Crippen molar-refractivity contribution in [2.75, 3.05) is 0 Å². The van der Waals surface area contributed by atoms with Crippen molar-refractivity contribution < 1.29 is 82.3 Å². The van der Waals surface area contributed by atoms with Crippen LogP contribution in [0.25, 0.3) is 0 Å². The van der Waals surface area contributed by atoms with Crippen molar-refractivity contribution in [3.63, 3.8) is 0 Å². The van der Waals surface area contributed by atoms with Crippen molar-refractivity contribution in [2.24, 2.45) is 0 Å². The molecule has 0 heterocycles. The molecule has 0 bridgehead atoms. The molecule has 0 saturated carbocycles. The zero-order chi connectivity index (χ0) is 23.6. The predicted octanol–water partition coefficient (Wildman–Crippen LogP) is 2.51. The SMILES string of the molecule is O=S(=O)([C-](S(=O)(=O)C(F)(F)C(F)(F)F)S(=O)(=O)C(F)(F)C(F)(F)F)C(F)(F)F. The highest BCUT2D eigenvalue weighted by molar-refractivity contribution is 8.29. The smallest absolute Gasteiger partial charge is 0.254 e. The van der Waals surface area contributed by atoms with E-state index in [1.165, 1.54) is 0 Å². The van der Waals surface area contributed by atoms with Crippen LogP contribution in [0.2, 0.25) is 0 Å². The van der Waals surface area contributed by atoms with Crippen molar-refractivity contribution in [1.29, 1.82) is 0 Å². The van der Waals surface area contributed by atoms with Crippen molar-refractivity contribution >= 4 is 29.5 Å². The molecular formula is C6F13O6S3-. The summed E-state index contributed by atoms with van der Waals surface area (Å²) in [4.78, 5) is 0. The van der Waals surface area contributed by atoms with Gasteiger partial charge in [0.1, 0.15) is 19.7 Å². The van der Waals surface area contributed by atoms with Crippen LogP contribution in [-0.4, -0.2) is 53.6 Å². The lowest BCUT2D eigenvalue weighted by Gasteiger charge is -2.36. The molecular weight excluding hydrogens is 511 g/mol. The predicted molar refractivity (Wildman–Crippen MR) is 58.1 cm³/mol. The summed E-state index contributed by atoms with van der Waals surface area (Å²) in [5, 5.41) is -15.7. The first kappa shape index (κ1) is 26.9. The Bertz CT molecular complexity index is 861. The van der Waals surface area contributed by atoms with Gasteiger partial charge in [0.05, 0.1) is 3.91 Å². The molecule has 28 heavy (non-hydrogen) atoms. The summed E-state index contributed by atoms with van der Waals surface area (Å²) in [6, 6.07) is 0. The molecule has 0 aromatic rings. The minimum atomic E-state index is -8.92. The molecule has 0 rings (SSSR count). The minimum Gasteiger partial charge on any atom is -0.254 e. The zero-order valence-electron chi connectivity index (χ0n) is 11.6. The Morgan fingerprint density at radius 2 is 0.643 bits per heavy atom. The van der Waals surface area contributed by atoms with E-state index >= 15 is 0 Å². The maximum atomic E-state index is 12.9. The number of halogens is 13. The molecule has 170 valence electrons. The average Bonchev–Trinajstić information content (AvgIpc) is 2.32. The van der Waals surface area contributed by atoms with Gasteiger partial charge in [0.15, 0.2) is 9.84 Å². The third-order valence-corrected chi connectivity index (χ3v) is 9.99. The first-order valence-corrected chi connectivity index (χ1v) is 9.63. The second-order valence-corrected chi connectivity index (χ2v) is 10.7. The number of alkyl halides is 13. The van der Waals surface area contributed by atoms with E-state index in [0.717, 1.165) is 0 Å². The molecule has 0 aliphatic rings. The number of sulfone groups is 3. The fourth-order valence-electron chi connectivity index (χ4n) is 1.04. The van der Waals surface area contributed by atoms with Crippen molar-refractivity contribution in [3.8, 4) is 0 Å². The van der Waals surface area contributed by atoms with Gasteiger partial charge in [-0.25, -0.2) is 0 Å². The number of hydrogen-bond acceptors (Lipinski definition) is 6. The second-order valence-electron chi connectivity index (χ2n) is 4.24. The van der Waals surface area contributed by atoms with E-state index in [-0.39, 0.29) is 0 Å². The molecule has 0 unspecified atom stereocenters. The summed E-state index contributed by atoms with van der Waals surface area (Å²) < 4.78 is 222. The fraction of sp³-hybridized carbons (Fsp3) is 0.833. The van der Waals surface area contributed by atoms with E-state index < -0.39 is 61.8 Å². The van der Waals surface area contributed by atoms with Gasteiger partial charge >= 0.3 is 28.4 Å². The van der Waals surface area contributed by atoms with Gasteiger partial charge in [-0.1, -0.05) is 0 Å². The van der Waals surface area contributed by atoms with Crippen LogP contribution in [0.4, 0.5) is 57.1 Å². The van der Waals surface area contributed by atoms with Gasteiger partial charge in [-0.3, -0.25) is 25.3 Å². The Labute approximate surface area is 145 Å². The van der Waals surface area contributed by atoms with Crippen LogP contribution in [0.15, 0.2) is 0 Å². The van der Waals surface area contributed by atoms with Crippen LogP contribution in [-0.2, 0) is 29.5 Å². The van der Waals surface area contributed by atoms with E-state index in [0.29, 0.717) is 0 Å². The molecule has 0 aliphatic carbocycles. The molecule has 22 heteroatoms. The van der Waals surface area contributed by atoms with E-state index in [9.17, 15) is 82.3 Å². The maximum absolute atomic E-state index is 12.9. The largest absolute Gasteiger partial charge is 0.470 e. The molecule has 0 atom stereocenters. The van der Waals surface area contributed by atoms with Crippen molar-refractivity contribution in [2.45, 2.75) is 28.4 Å². The van der Waals surface area contributed by atoms with Crippen molar-refractivity contribution in [3.05, 3.63) is 3.91 Å². The van der Waals surface area contributed by atoms with Crippen LogP contribution in [0.5, 0.6) is 0 Å². The van der Waals surface area contributed by atoms with E-state index in [4.69, 9.17) is 0 Å². The lowest BCUT2D eigenvalue weighted by molar-refractivity contribution is -0.241. The second kappa shape index (κ2) is 6.47. The minimum absolute atomic E-state index is 5.43. The topological polar surface area (TPSA) is 102 Å². The summed E-state index contributed by atoms with van der Waals surface area (Å²) in [6.45, 7) is 0. The van der Waals surface area contributed by atoms with E-state index in [2.05, 4.69) is 0 Å². The average molecular weight is 511 g/mol. The Hall–Kier alpha value is -1.06. The fourth-order valence-corrected chi connectivity index (χ4v) is 7.55. The summed E-state index contributed by atoms with van der Waals surface area (Å²) >= 11 is 0. The lowest BCUT2D eigenvalue weighted by atomic mass is 10.7. The Kier molecular flexibility index (Phi) is 6.22. The third kappa shape index (κ3) is 3.73. The van der Waals surface area contributed by atoms with Crippen LogP contribution in [0.1, 0.15) is 0 Å². The molecule has 0 aromatic heterocycles.